The van der Waals surface area contributed by atoms with E-state index in [1.54, 1.807) is 0 Å². The highest BCUT2D eigenvalue weighted by Crippen LogP contribution is 2.44. The van der Waals surface area contributed by atoms with E-state index < -0.39 is 29.8 Å². The maximum absolute atomic E-state index is 13.1. The Morgan fingerprint density at radius 3 is 2.27 bits per heavy atom. The van der Waals surface area contributed by atoms with Crippen LogP contribution in [0.5, 0.6) is 0 Å². The lowest BCUT2D eigenvalue weighted by Gasteiger charge is -2.21. The van der Waals surface area contributed by atoms with Crippen LogP contribution in [0.2, 0.25) is 0 Å². The zero-order valence-electron chi connectivity index (χ0n) is 21.1. The fourth-order valence-electron chi connectivity index (χ4n) is 4.60. The third-order valence-electron chi connectivity index (χ3n) is 6.42. The molecule has 37 heavy (non-hydrogen) atoms. The van der Waals surface area contributed by atoms with Crippen molar-refractivity contribution in [2.75, 3.05) is 20.3 Å². The lowest BCUT2D eigenvalue weighted by Crippen LogP contribution is -2.78. The van der Waals surface area contributed by atoms with Crippen LogP contribution in [0.1, 0.15) is 42.7 Å². The van der Waals surface area contributed by atoms with Gasteiger partial charge in [-0.2, -0.15) is 0 Å². The molecule has 0 radical (unpaired) electrons. The van der Waals surface area contributed by atoms with Crippen molar-refractivity contribution < 1.29 is 28.8 Å². The number of rotatable bonds is 13. The number of hydrogen-bond donors (Lipinski definition) is 4. The number of esters is 2. The van der Waals surface area contributed by atoms with Crippen molar-refractivity contribution in [2.45, 2.75) is 37.6 Å². The summed E-state index contributed by atoms with van der Waals surface area (Å²) in [4.78, 5) is 40.8. The Hall–Kier alpha value is -4.14. The average molecular weight is 508 g/mol. The average Bonchev–Trinajstić information content (AvgIpc) is 3.22. The van der Waals surface area contributed by atoms with Gasteiger partial charge in [-0.15, -0.1) is 6.58 Å². The van der Waals surface area contributed by atoms with Gasteiger partial charge in [-0.05, 0) is 41.5 Å². The fraction of sp³-hybridized carbons (Fsp3) is 0.357. The van der Waals surface area contributed by atoms with Gasteiger partial charge in [0.1, 0.15) is 12.6 Å². The highest BCUT2D eigenvalue weighted by Gasteiger charge is 2.31. The zero-order valence-corrected chi connectivity index (χ0v) is 21.1. The topological polar surface area (TPSA) is 148 Å². The molecule has 0 spiro atoms. The van der Waals surface area contributed by atoms with E-state index >= 15 is 0 Å². The summed E-state index contributed by atoms with van der Waals surface area (Å²) in [7, 11) is 1.25. The number of nitrogens with one attached hydrogen (secondary N) is 2. The number of benzene rings is 2. The summed E-state index contributed by atoms with van der Waals surface area (Å²) in [6.45, 7) is 4.23. The highest BCUT2D eigenvalue weighted by atomic mass is 16.5. The van der Waals surface area contributed by atoms with E-state index in [4.69, 9.17) is 20.9 Å². The first-order valence-electron chi connectivity index (χ1n) is 12.3. The first-order chi connectivity index (χ1) is 17.8. The van der Waals surface area contributed by atoms with Gasteiger partial charge in [0.05, 0.1) is 20.1 Å². The Morgan fingerprint density at radius 2 is 1.70 bits per heavy atom. The molecular weight excluding hydrogens is 472 g/mol. The smallest absolute Gasteiger partial charge is 0.338 e. The maximum Gasteiger partial charge on any atom is 0.338 e. The molecule has 3 rings (SSSR count). The van der Waals surface area contributed by atoms with E-state index in [1.165, 1.54) is 13.2 Å². The molecule has 0 aliphatic heterocycles. The molecule has 0 heterocycles. The lowest BCUT2D eigenvalue weighted by molar-refractivity contribution is -0.459. The van der Waals surface area contributed by atoms with Gasteiger partial charge < -0.3 is 14.8 Å². The molecule has 0 aromatic heterocycles. The summed E-state index contributed by atoms with van der Waals surface area (Å²) in [5.74, 6) is -2.22. The van der Waals surface area contributed by atoms with Crippen molar-refractivity contribution in [2.24, 2.45) is 17.4 Å². The Morgan fingerprint density at radius 1 is 1.08 bits per heavy atom. The predicted octanol–water partition coefficient (Wildman–Crippen LogP) is 0.717. The van der Waals surface area contributed by atoms with E-state index in [-0.39, 0.29) is 31.3 Å². The zero-order chi connectivity index (χ0) is 26.8. The summed E-state index contributed by atoms with van der Waals surface area (Å²) in [6.07, 6.45) is 2.48. The molecule has 0 fully saturated rings. The SMILES string of the molecule is C=CC[C@@H](NC(=O)[C@@H](CCC[NH+]=C(N)N)CC(=O)OCC1c2ccccc2-c2ccccc21)C(=O)OC. The molecule has 6 N–H and O–H groups in total. The van der Waals surface area contributed by atoms with Gasteiger partial charge in [0.25, 0.3) is 0 Å². The number of amides is 1. The van der Waals surface area contributed by atoms with Gasteiger partial charge >= 0.3 is 17.9 Å². The van der Waals surface area contributed by atoms with Crippen LogP contribution in [-0.2, 0) is 23.9 Å². The summed E-state index contributed by atoms with van der Waals surface area (Å²) < 4.78 is 10.5. The van der Waals surface area contributed by atoms with Crippen LogP contribution in [-0.4, -0.2) is 50.1 Å². The maximum atomic E-state index is 13.1. The van der Waals surface area contributed by atoms with Crippen LogP contribution in [0, 0.1) is 5.92 Å². The van der Waals surface area contributed by atoms with Gasteiger partial charge in [-0.3, -0.25) is 26.0 Å². The molecule has 0 unspecified atom stereocenters. The molecule has 2 aromatic rings. The molecule has 2 atom stereocenters. The van der Waals surface area contributed by atoms with E-state index in [1.807, 2.05) is 36.4 Å². The van der Waals surface area contributed by atoms with Crippen molar-refractivity contribution >= 4 is 23.8 Å². The number of hydrogen-bond acceptors (Lipinski definition) is 5. The molecule has 2 aromatic carbocycles. The number of nitrogens with two attached hydrogens (primary N) is 2. The Kier molecular flexibility index (Phi) is 9.83. The number of ether oxygens (including phenoxy) is 2. The number of guanidine groups is 1. The standard InChI is InChI=1S/C28H34N4O5/c1-3-9-24(27(35)36-2)32-26(34)18(10-8-15-31-28(29)30)16-25(33)37-17-23-21-13-6-4-11-19(21)20-12-5-7-14-22(20)23/h3-7,11-14,18,23-24H,1,8-10,15-17H2,2H3,(H,32,34)(H4,29,30,31)/p+1/t18-,24+/m0/s1. The summed E-state index contributed by atoms with van der Waals surface area (Å²) in [5, 5.41) is 2.68. The third kappa shape index (κ3) is 7.19. The number of carbonyl (C=O) groups is 3. The van der Waals surface area contributed by atoms with Crippen molar-refractivity contribution in [3.05, 3.63) is 72.3 Å². The Bertz CT molecular complexity index is 1110. The monoisotopic (exact) mass is 507 g/mol. The minimum Gasteiger partial charge on any atom is -0.467 e. The summed E-state index contributed by atoms with van der Waals surface area (Å²) in [6, 6.07) is 15.3. The number of fused-ring (bicyclic) bond motifs is 3. The molecule has 196 valence electrons. The van der Waals surface area contributed by atoms with Gasteiger partial charge in [-0.1, -0.05) is 54.6 Å². The van der Waals surface area contributed by atoms with Crippen molar-refractivity contribution in [1.82, 2.24) is 5.32 Å². The van der Waals surface area contributed by atoms with Crippen LogP contribution in [0.25, 0.3) is 11.1 Å². The normalized spacial score (nSPS) is 13.4. The van der Waals surface area contributed by atoms with E-state index in [0.717, 1.165) is 22.3 Å². The number of carbonyl (C=O) groups excluding carboxylic acids is 3. The second-order valence-corrected chi connectivity index (χ2v) is 8.94. The van der Waals surface area contributed by atoms with Crippen LogP contribution < -0.4 is 21.8 Å². The number of methoxy groups -OCH3 is 1. The van der Waals surface area contributed by atoms with Crippen molar-refractivity contribution in [3.8, 4) is 11.1 Å². The Balaban J connectivity index is 1.67. The van der Waals surface area contributed by atoms with Gasteiger partial charge in [0, 0.05) is 11.8 Å². The first kappa shape index (κ1) is 27.4. The van der Waals surface area contributed by atoms with Crippen molar-refractivity contribution in [1.29, 1.82) is 0 Å². The molecular formula is C28H35N4O5+. The molecule has 1 aliphatic rings. The minimum absolute atomic E-state index is 0.0767. The predicted molar refractivity (Wildman–Crippen MR) is 140 cm³/mol. The van der Waals surface area contributed by atoms with E-state index in [2.05, 4.69) is 29.0 Å². The van der Waals surface area contributed by atoms with Gasteiger partial charge in [-0.25, -0.2) is 4.79 Å². The van der Waals surface area contributed by atoms with Crippen LogP contribution in [0.3, 0.4) is 0 Å². The fourth-order valence-corrected chi connectivity index (χ4v) is 4.60. The quantitative estimate of drug-likeness (QED) is 0.103. The van der Waals surface area contributed by atoms with E-state index in [0.29, 0.717) is 19.4 Å². The largest absolute Gasteiger partial charge is 0.467 e. The lowest BCUT2D eigenvalue weighted by atomic mass is 9.97. The molecule has 1 aliphatic carbocycles. The summed E-state index contributed by atoms with van der Waals surface area (Å²) in [5.41, 5.74) is 15.4. The second-order valence-electron chi connectivity index (χ2n) is 8.94. The molecule has 0 saturated heterocycles. The van der Waals surface area contributed by atoms with Crippen LogP contribution in [0.15, 0.2) is 61.2 Å². The molecule has 9 heteroatoms. The van der Waals surface area contributed by atoms with Crippen molar-refractivity contribution in [3.63, 3.8) is 0 Å². The molecule has 9 nitrogen and oxygen atoms in total. The van der Waals surface area contributed by atoms with Gasteiger partial charge in [0.15, 0.2) is 0 Å². The van der Waals surface area contributed by atoms with Crippen LogP contribution in [0.4, 0.5) is 0 Å². The van der Waals surface area contributed by atoms with Gasteiger partial charge in [0.2, 0.25) is 5.91 Å². The van der Waals surface area contributed by atoms with E-state index in [9.17, 15) is 14.4 Å². The molecule has 0 bridgehead atoms. The molecule has 0 saturated carbocycles. The summed E-state index contributed by atoms with van der Waals surface area (Å²) >= 11 is 0. The minimum atomic E-state index is -0.883. The second kappa shape index (κ2) is 13.2. The highest BCUT2D eigenvalue weighted by molar-refractivity contribution is 5.88. The third-order valence-corrected chi connectivity index (χ3v) is 6.42. The molecule has 1 amide bonds. The first-order valence-corrected chi connectivity index (χ1v) is 12.3. The van der Waals surface area contributed by atoms with Crippen LogP contribution >= 0.6 is 0 Å². The Labute approximate surface area is 216 Å².